The number of Topliss-reactive ketones (excluding diaryl/α,β-unsaturated/α-hetero) is 1. The summed E-state index contributed by atoms with van der Waals surface area (Å²) in [6.45, 7) is 0.949. The van der Waals surface area contributed by atoms with Crippen LogP contribution in [0.4, 0.5) is 4.39 Å². The van der Waals surface area contributed by atoms with Crippen LogP contribution in [0.1, 0.15) is 19.3 Å². The number of aliphatic hydroxyl groups is 1. The first-order valence-corrected chi connectivity index (χ1v) is 8.07. The van der Waals surface area contributed by atoms with Gasteiger partial charge >= 0.3 is 0 Å². The van der Waals surface area contributed by atoms with Crippen LogP contribution in [0.5, 0.6) is 0 Å². The van der Waals surface area contributed by atoms with Gasteiger partial charge < -0.3 is 15.0 Å². The summed E-state index contributed by atoms with van der Waals surface area (Å²) in [4.78, 5) is 16.3. The molecule has 22 heavy (non-hydrogen) atoms. The van der Waals surface area contributed by atoms with E-state index in [1.807, 2.05) is 0 Å². The summed E-state index contributed by atoms with van der Waals surface area (Å²) in [7, 11) is 0. The normalized spacial score (nSPS) is 22.1. The summed E-state index contributed by atoms with van der Waals surface area (Å²) in [6, 6.07) is 3.14. The van der Waals surface area contributed by atoms with Crippen LogP contribution < -0.4 is 5.32 Å². The van der Waals surface area contributed by atoms with Crippen molar-refractivity contribution in [2.75, 3.05) is 6.54 Å². The molecule has 0 spiro atoms. The smallest absolute Gasteiger partial charge is 0.165 e. The molecular weight excluding hydrogens is 353 g/mol. The van der Waals surface area contributed by atoms with Crippen LogP contribution in [0.3, 0.4) is 0 Å². The molecule has 3 rings (SSSR count). The van der Waals surface area contributed by atoms with Gasteiger partial charge in [0, 0.05) is 12.5 Å². The molecule has 1 aliphatic heterocycles. The number of ketones is 1. The lowest BCUT2D eigenvalue weighted by molar-refractivity contribution is -0.121. The standard InChI is InChI=1S/C15H17BrFN3O2/c16-10-3-4-12-15(14(10)17)19-8-20(12)7-9(21)6-11-13(22)2-1-5-18-11/h3-4,8,11,13,18,22H,1-2,5-7H2/t11-,13+/m1/s1. The van der Waals surface area contributed by atoms with Gasteiger partial charge in [0.05, 0.1) is 29.0 Å². The minimum atomic E-state index is -0.481. The van der Waals surface area contributed by atoms with Gasteiger partial charge in [0.25, 0.3) is 0 Å². The van der Waals surface area contributed by atoms with Crippen molar-refractivity contribution in [2.45, 2.75) is 38.0 Å². The number of hydrogen-bond acceptors (Lipinski definition) is 4. The monoisotopic (exact) mass is 369 g/mol. The van der Waals surface area contributed by atoms with Gasteiger partial charge in [-0.15, -0.1) is 0 Å². The molecule has 1 aromatic carbocycles. The zero-order chi connectivity index (χ0) is 15.7. The number of benzene rings is 1. The Balaban J connectivity index is 1.73. The molecule has 0 bridgehead atoms. The van der Waals surface area contributed by atoms with Crippen molar-refractivity contribution in [1.82, 2.24) is 14.9 Å². The van der Waals surface area contributed by atoms with Crippen molar-refractivity contribution >= 4 is 32.7 Å². The number of imidazole rings is 1. The van der Waals surface area contributed by atoms with E-state index in [1.165, 1.54) is 6.33 Å². The van der Waals surface area contributed by atoms with E-state index in [9.17, 15) is 14.3 Å². The predicted molar refractivity (Wildman–Crippen MR) is 84.0 cm³/mol. The fourth-order valence-corrected chi connectivity index (χ4v) is 3.16. The first-order valence-electron chi connectivity index (χ1n) is 7.28. The summed E-state index contributed by atoms with van der Waals surface area (Å²) < 4.78 is 15.9. The molecule has 1 aliphatic rings. The number of aromatic nitrogens is 2. The summed E-state index contributed by atoms with van der Waals surface area (Å²) in [5, 5.41) is 13.1. The lowest BCUT2D eigenvalue weighted by Gasteiger charge is -2.28. The predicted octanol–water partition coefficient (Wildman–Crippen LogP) is 2.01. The van der Waals surface area contributed by atoms with Gasteiger partial charge in [0.15, 0.2) is 11.6 Å². The second kappa shape index (κ2) is 6.44. The second-order valence-corrected chi connectivity index (χ2v) is 6.47. The topological polar surface area (TPSA) is 67.2 Å². The van der Waals surface area contributed by atoms with Crippen LogP contribution >= 0.6 is 15.9 Å². The third kappa shape index (κ3) is 3.06. The summed E-state index contributed by atoms with van der Waals surface area (Å²) in [5.41, 5.74) is 0.837. The minimum Gasteiger partial charge on any atom is -0.391 e. The Morgan fingerprint density at radius 2 is 2.36 bits per heavy atom. The molecule has 0 saturated carbocycles. The van der Waals surface area contributed by atoms with Crippen LogP contribution in [0.25, 0.3) is 11.0 Å². The van der Waals surface area contributed by atoms with Crippen LogP contribution in [0.2, 0.25) is 0 Å². The van der Waals surface area contributed by atoms with Gasteiger partial charge in [0.1, 0.15) is 5.52 Å². The molecular formula is C15H17BrFN3O2. The third-order valence-electron chi connectivity index (χ3n) is 4.03. The molecule has 2 atom stereocenters. The van der Waals surface area contributed by atoms with Gasteiger partial charge in [-0.3, -0.25) is 4.79 Å². The van der Waals surface area contributed by atoms with E-state index in [0.29, 0.717) is 9.99 Å². The number of rotatable bonds is 4. The molecule has 2 aromatic rings. The molecule has 2 heterocycles. The SMILES string of the molecule is O=C(C[C@H]1NCCC[C@@H]1O)Cn1cnc2c(F)c(Br)ccc21. The average Bonchev–Trinajstić information content (AvgIpc) is 2.89. The number of aliphatic hydroxyl groups excluding tert-OH is 1. The van der Waals surface area contributed by atoms with E-state index >= 15 is 0 Å². The molecule has 1 saturated heterocycles. The maximum absolute atomic E-state index is 13.9. The molecule has 1 aromatic heterocycles. The Hall–Kier alpha value is -1.31. The molecule has 0 unspecified atom stereocenters. The molecule has 0 radical (unpaired) electrons. The van der Waals surface area contributed by atoms with Crippen molar-refractivity contribution in [2.24, 2.45) is 0 Å². The Morgan fingerprint density at radius 1 is 1.55 bits per heavy atom. The van der Waals surface area contributed by atoms with Crippen LogP contribution in [0, 0.1) is 5.82 Å². The first kappa shape index (κ1) is 15.6. The first-order chi connectivity index (χ1) is 10.6. The number of nitrogens with zero attached hydrogens (tertiary/aromatic N) is 2. The summed E-state index contributed by atoms with van der Waals surface area (Å²) in [6.07, 6.45) is 2.90. The van der Waals surface area contributed by atoms with Crippen molar-refractivity contribution in [1.29, 1.82) is 0 Å². The zero-order valence-electron chi connectivity index (χ0n) is 11.9. The fraction of sp³-hybridized carbons (Fsp3) is 0.467. The molecule has 0 amide bonds. The second-order valence-electron chi connectivity index (χ2n) is 5.61. The zero-order valence-corrected chi connectivity index (χ0v) is 13.5. The van der Waals surface area contributed by atoms with Gasteiger partial charge in [0.2, 0.25) is 0 Å². The molecule has 0 aliphatic carbocycles. The maximum atomic E-state index is 13.9. The van der Waals surface area contributed by atoms with E-state index in [-0.39, 0.29) is 30.3 Å². The number of carbonyl (C=O) groups excluding carboxylic acids is 1. The van der Waals surface area contributed by atoms with Crippen molar-refractivity contribution in [3.05, 3.63) is 28.7 Å². The van der Waals surface area contributed by atoms with E-state index < -0.39 is 11.9 Å². The number of nitrogens with one attached hydrogen (secondary N) is 1. The van der Waals surface area contributed by atoms with Gasteiger partial charge in [-0.2, -0.15) is 0 Å². The lowest BCUT2D eigenvalue weighted by atomic mass is 9.97. The van der Waals surface area contributed by atoms with Crippen molar-refractivity contribution in [3.63, 3.8) is 0 Å². The maximum Gasteiger partial charge on any atom is 0.165 e. The van der Waals surface area contributed by atoms with Gasteiger partial charge in [-0.25, -0.2) is 9.37 Å². The minimum absolute atomic E-state index is 0.0129. The quantitative estimate of drug-likeness (QED) is 0.864. The van der Waals surface area contributed by atoms with Crippen molar-refractivity contribution < 1.29 is 14.3 Å². The number of hydrogen-bond donors (Lipinski definition) is 2. The highest BCUT2D eigenvalue weighted by molar-refractivity contribution is 9.10. The molecule has 1 fully saturated rings. The molecule has 5 nitrogen and oxygen atoms in total. The van der Waals surface area contributed by atoms with Crippen molar-refractivity contribution in [3.8, 4) is 0 Å². The van der Waals surface area contributed by atoms with Crippen LogP contribution in [-0.4, -0.2) is 39.1 Å². The Bertz CT molecular complexity index is 703. The number of carbonyl (C=O) groups is 1. The Morgan fingerprint density at radius 3 is 3.14 bits per heavy atom. The molecule has 2 N–H and O–H groups in total. The largest absolute Gasteiger partial charge is 0.391 e. The summed E-state index contributed by atoms with van der Waals surface area (Å²) >= 11 is 3.12. The van der Waals surface area contributed by atoms with E-state index in [1.54, 1.807) is 16.7 Å². The van der Waals surface area contributed by atoms with E-state index in [0.717, 1.165) is 19.4 Å². The highest BCUT2D eigenvalue weighted by Gasteiger charge is 2.25. The Kier molecular flexibility index (Phi) is 4.56. The van der Waals surface area contributed by atoms with Crippen LogP contribution in [0.15, 0.2) is 22.9 Å². The van der Waals surface area contributed by atoms with E-state index in [2.05, 4.69) is 26.2 Å². The molecule has 118 valence electrons. The fourth-order valence-electron chi connectivity index (χ4n) is 2.84. The van der Waals surface area contributed by atoms with Gasteiger partial charge in [-0.1, -0.05) is 0 Å². The number of piperidine rings is 1. The van der Waals surface area contributed by atoms with Crippen LogP contribution in [-0.2, 0) is 11.3 Å². The number of fused-ring (bicyclic) bond motifs is 1. The number of halogens is 2. The Labute approximate surface area is 135 Å². The summed E-state index contributed by atoms with van der Waals surface area (Å²) in [5.74, 6) is -0.436. The highest BCUT2D eigenvalue weighted by atomic mass is 79.9. The lowest BCUT2D eigenvalue weighted by Crippen LogP contribution is -2.46. The molecule has 7 heteroatoms. The van der Waals surface area contributed by atoms with Gasteiger partial charge in [-0.05, 0) is 47.4 Å². The highest BCUT2D eigenvalue weighted by Crippen LogP contribution is 2.24. The third-order valence-corrected chi connectivity index (χ3v) is 4.64. The van der Waals surface area contributed by atoms with E-state index in [4.69, 9.17) is 0 Å². The average molecular weight is 370 g/mol.